The van der Waals surface area contributed by atoms with Gasteiger partial charge in [-0.05, 0) is 25.3 Å². The van der Waals surface area contributed by atoms with Crippen LogP contribution >= 0.6 is 11.6 Å². The third-order valence-electron chi connectivity index (χ3n) is 2.98. The van der Waals surface area contributed by atoms with Crippen LogP contribution in [0.4, 0.5) is 0 Å². The van der Waals surface area contributed by atoms with Gasteiger partial charge in [-0.1, -0.05) is 32.4 Å². The van der Waals surface area contributed by atoms with Crippen molar-refractivity contribution in [1.82, 2.24) is 19.7 Å². The van der Waals surface area contributed by atoms with Crippen LogP contribution in [0.3, 0.4) is 0 Å². The fourth-order valence-electron chi connectivity index (χ4n) is 1.95. The molecule has 18 heavy (non-hydrogen) atoms. The summed E-state index contributed by atoms with van der Waals surface area (Å²) < 4.78 is 1.89. The molecule has 2 aromatic heterocycles. The summed E-state index contributed by atoms with van der Waals surface area (Å²) in [7, 11) is 0. The summed E-state index contributed by atoms with van der Waals surface area (Å²) in [6.07, 6.45) is 4.11. The molecule has 0 unspecified atom stereocenters. The minimum atomic E-state index is 0.512. The Bertz CT molecular complexity index is 548. The lowest BCUT2D eigenvalue weighted by Gasteiger charge is -2.10. The van der Waals surface area contributed by atoms with Crippen molar-refractivity contribution in [3.05, 3.63) is 34.5 Å². The Morgan fingerprint density at radius 1 is 1.11 bits per heavy atom. The highest BCUT2D eigenvalue weighted by atomic mass is 35.5. The zero-order chi connectivity index (χ0) is 13.1. The van der Waals surface area contributed by atoms with E-state index < -0.39 is 0 Å². The van der Waals surface area contributed by atoms with Crippen molar-refractivity contribution in [3.8, 4) is 5.82 Å². The molecule has 4 nitrogen and oxygen atoms in total. The second-order valence-corrected chi connectivity index (χ2v) is 4.42. The van der Waals surface area contributed by atoms with Crippen molar-refractivity contribution >= 4 is 11.6 Å². The highest BCUT2D eigenvalue weighted by Crippen LogP contribution is 2.21. The van der Waals surface area contributed by atoms with Crippen LogP contribution in [0.2, 0.25) is 5.15 Å². The van der Waals surface area contributed by atoms with E-state index in [2.05, 4.69) is 35.0 Å². The van der Waals surface area contributed by atoms with Crippen molar-refractivity contribution in [2.45, 2.75) is 40.0 Å². The first kappa shape index (κ1) is 13.0. The minimum Gasteiger partial charge on any atom is -0.224 e. The van der Waals surface area contributed by atoms with Crippen LogP contribution in [0.15, 0.2) is 12.4 Å². The fraction of sp³-hybridized carbons (Fsp3) is 0.462. The molecule has 0 aliphatic rings. The SMILES string of the molecule is CCc1cc(CC)n(-c2ncnc(Cl)c2CC)n1. The van der Waals surface area contributed by atoms with E-state index in [9.17, 15) is 0 Å². The zero-order valence-electron chi connectivity index (χ0n) is 10.9. The van der Waals surface area contributed by atoms with Gasteiger partial charge in [0.2, 0.25) is 0 Å². The summed E-state index contributed by atoms with van der Waals surface area (Å²) in [6.45, 7) is 6.26. The fourth-order valence-corrected chi connectivity index (χ4v) is 2.21. The van der Waals surface area contributed by atoms with Gasteiger partial charge in [-0.25, -0.2) is 14.6 Å². The maximum absolute atomic E-state index is 6.12. The summed E-state index contributed by atoms with van der Waals surface area (Å²) in [6, 6.07) is 2.12. The van der Waals surface area contributed by atoms with Crippen molar-refractivity contribution in [2.75, 3.05) is 0 Å². The number of aryl methyl sites for hydroxylation is 2. The molecule has 0 atom stereocenters. The molecule has 0 N–H and O–H groups in total. The first-order chi connectivity index (χ1) is 8.71. The standard InChI is InChI=1S/C13H17ClN4/c1-4-9-7-10(5-2)18(17-9)13-11(6-3)12(14)15-8-16-13/h7-8H,4-6H2,1-3H3. The summed E-state index contributed by atoms with van der Waals surface area (Å²) in [5.74, 6) is 0.800. The van der Waals surface area contributed by atoms with Crippen molar-refractivity contribution in [3.63, 3.8) is 0 Å². The molecule has 0 aromatic carbocycles. The van der Waals surface area contributed by atoms with Crippen LogP contribution in [0.5, 0.6) is 0 Å². The lowest BCUT2D eigenvalue weighted by molar-refractivity contribution is 0.756. The average Bonchev–Trinajstić information content (AvgIpc) is 2.81. The van der Waals surface area contributed by atoms with E-state index in [0.29, 0.717) is 5.15 Å². The largest absolute Gasteiger partial charge is 0.224 e. The van der Waals surface area contributed by atoms with E-state index in [1.54, 1.807) is 0 Å². The highest BCUT2D eigenvalue weighted by molar-refractivity contribution is 6.30. The zero-order valence-corrected chi connectivity index (χ0v) is 11.7. The third-order valence-corrected chi connectivity index (χ3v) is 3.31. The summed E-state index contributed by atoms with van der Waals surface area (Å²) in [4.78, 5) is 8.37. The van der Waals surface area contributed by atoms with Crippen LogP contribution in [-0.4, -0.2) is 19.7 Å². The molecule has 5 heteroatoms. The van der Waals surface area contributed by atoms with Gasteiger partial charge in [0.15, 0.2) is 5.82 Å². The topological polar surface area (TPSA) is 43.6 Å². The van der Waals surface area contributed by atoms with Gasteiger partial charge < -0.3 is 0 Å². The first-order valence-electron chi connectivity index (χ1n) is 6.28. The van der Waals surface area contributed by atoms with Crippen LogP contribution in [0.1, 0.15) is 37.7 Å². The number of halogens is 1. The van der Waals surface area contributed by atoms with Gasteiger partial charge in [-0.2, -0.15) is 5.10 Å². The Hall–Kier alpha value is -1.42. The Morgan fingerprint density at radius 2 is 1.89 bits per heavy atom. The van der Waals surface area contributed by atoms with Gasteiger partial charge in [0.1, 0.15) is 11.5 Å². The van der Waals surface area contributed by atoms with Gasteiger partial charge in [-0.15, -0.1) is 0 Å². The molecule has 0 fully saturated rings. The first-order valence-corrected chi connectivity index (χ1v) is 6.66. The molecule has 0 amide bonds. The molecule has 2 heterocycles. The van der Waals surface area contributed by atoms with E-state index in [0.717, 1.165) is 42.0 Å². The lowest BCUT2D eigenvalue weighted by Crippen LogP contribution is -2.08. The van der Waals surface area contributed by atoms with E-state index in [1.807, 2.05) is 11.6 Å². The van der Waals surface area contributed by atoms with Crippen molar-refractivity contribution < 1.29 is 0 Å². The van der Waals surface area contributed by atoms with Gasteiger partial charge >= 0.3 is 0 Å². The van der Waals surface area contributed by atoms with Crippen LogP contribution in [0.25, 0.3) is 5.82 Å². The van der Waals surface area contributed by atoms with E-state index >= 15 is 0 Å². The molecule has 96 valence electrons. The lowest BCUT2D eigenvalue weighted by atomic mass is 10.2. The van der Waals surface area contributed by atoms with E-state index in [4.69, 9.17) is 11.6 Å². The van der Waals surface area contributed by atoms with Gasteiger partial charge in [-0.3, -0.25) is 0 Å². The minimum absolute atomic E-state index is 0.512. The molecule has 0 spiro atoms. The predicted molar refractivity (Wildman–Crippen MR) is 72.3 cm³/mol. The highest BCUT2D eigenvalue weighted by Gasteiger charge is 2.14. The third kappa shape index (κ3) is 2.25. The molecule has 2 aromatic rings. The van der Waals surface area contributed by atoms with Gasteiger partial charge in [0.25, 0.3) is 0 Å². The molecule has 0 bridgehead atoms. The molecule has 0 aliphatic heterocycles. The van der Waals surface area contributed by atoms with E-state index in [-0.39, 0.29) is 0 Å². The van der Waals surface area contributed by atoms with Crippen molar-refractivity contribution in [1.29, 1.82) is 0 Å². The summed E-state index contributed by atoms with van der Waals surface area (Å²) >= 11 is 6.12. The number of rotatable bonds is 4. The number of nitrogens with zero attached hydrogens (tertiary/aromatic N) is 4. The molecular formula is C13H17ClN4. The predicted octanol–water partition coefficient (Wildman–Crippen LogP) is 3.00. The average molecular weight is 265 g/mol. The quantitative estimate of drug-likeness (QED) is 0.798. The number of hydrogen-bond donors (Lipinski definition) is 0. The molecule has 0 saturated carbocycles. The molecular weight excluding hydrogens is 248 g/mol. The second-order valence-electron chi connectivity index (χ2n) is 4.07. The molecule has 0 aliphatic carbocycles. The maximum Gasteiger partial charge on any atom is 0.161 e. The Balaban J connectivity index is 2.60. The van der Waals surface area contributed by atoms with Crippen molar-refractivity contribution in [2.24, 2.45) is 0 Å². The van der Waals surface area contributed by atoms with Gasteiger partial charge in [0.05, 0.1) is 5.69 Å². The number of aromatic nitrogens is 4. The monoisotopic (exact) mass is 264 g/mol. The number of hydrogen-bond acceptors (Lipinski definition) is 3. The molecule has 2 rings (SSSR count). The smallest absolute Gasteiger partial charge is 0.161 e. The van der Waals surface area contributed by atoms with E-state index in [1.165, 1.54) is 6.33 Å². The van der Waals surface area contributed by atoms with Crippen LogP contribution in [-0.2, 0) is 19.3 Å². The Labute approximate surface area is 112 Å². The van der Waals surface area contributed by atoms with Gasteiger partial charge in [0, 0.05) is 11.3 Å². The Morgan fingerprint density at radius 3 is 2.50 bits per heavy atom. The maximum atomic E-state index is 6.12. The second kappa shape index (κ2) is 5.48. The Kier molecular flexibility index (Phi) is 3.97. The van der Waals surface area contributed by atoms with Crippen LogP contribution < -0.4 is 0 Å². The molecule has 0 radical (unpaired) electrons. The normalized spacial score (nSPS) is 10.9. The summed E-state index contributed by atoms with van der Waals surface area (Å²) in [5.41, 5.74) is 3.17. The van der Waals surface area contributed by atoms with Crippen LogP contribution in [0, 0.1) is 0 Å². The summed E-state index contributed by atoms with van der Waals surface area (Å²) in [5, 5.41) is 5.10. The molecule has 0 saturated heterocycles.